The first kappa shape index (κ1) is 28.4. The lowest BCUT2D eigenvalue weighted by molar-refractivity contribution is -0.122. The van der Waals surface area contributed by atoms with E-state index >= 15 is 0 Å². The van der Waals surface area contributed by atoms with Gasteiger partial charge < -0.3 is 29.0 Å². The standard InChI is InChI=1S/C21H42FNO6/c1-18(2)21(24)6-5-20(22)17-29-16-15-28-14-13-27-12-11-26-10-9-25-8-7-23-19(3)4/h18-20,23H,5-17H2,1-4H3. The number of alkyl halides is 1. The van der Waals surface area contributed by atoms with Crippen LogP contribution >= 0.6 is 0 Å². The van der Waals surface area contributed by atoms with Crippen molar-refractivity contribution in [2.24, 2.45) is 5.92 Å². The second-order valence-corrected chi connectivity index (χ2v) is 7.39. The van der Waals surface area contributed by atoms with E-state index in [1.54, 1.807) is 0 Å². The Morgan fingerprint density at radius 1 is 0.759 bits per heavy atom. The normalized spacial score (nSPS) is 12.8. The zero-order valence-electron chi connectivity index (χ0n) is 18.8. The lowest BCUT2D eigenvalue weighted by Gasteiger charge is -2.10. The van der Waals surface area contributed by atoms with Crippen LogP contribution in [0.5, 0.6) is 0 Å². The molecule has 0 spiro atoms. The van der Waals surface area contributed by atoms with Crippen LogP contribution in [-0.4, -0.2) is 90.6 Å². The van der Waals surface area contributed by atoms with E-state index in [2.05, 4.69) is 19.2 Å². The van der Waals surface area contributed by atoms with Crippen LogP contribution in [0.15, 0.2) is 0 Å². The fourth-order valence-corrected chi connectivity index (χ4v) is 2.18. The maximum absolute atomic E-state index is 13.6. The Labute approximate surface area is 175 Å². The number of carbonyl (C=O) groups is 1. The quantitative estimate of drug-likeness (QED) is 0.268. The minimum atomic E-state index is -1.11. The van der Waals surface area contributed by atoms with Gasteiger partial charge in [0.25, 0.3) is 0 Å². The molecule has 0 aromatic heterocycles. The number of Topliss-reactive ketones (excluding diaryl/α,β-unsaturated/α-hetero) is 1. The summed E-state index contributed by atoms with van der Waals surface area (Å²) in [5.74, 6) is 0.0471. The van der Waals surface area contributed by atoms with E-state index in [0.717, 1.165) is 6.54 Å². The third-order valence-electron chi connectivity index (χ3n) is 3.93. The van der Waals surface area contributed by atoms with Gasteiger partial charge in [-0.1, -0.05) is 27.7 Å². The molecule has 0 aromatic carbocycles. The van der Waals surface area contributed by atoms with E-state index in [1.165, 1.54) is 0 Å². The molecule has 1 unspecified atom stereocenters. The molecule has 0 saturated heterocycles. The highest BCUT2D eigenvalue weighted by molar-refractivity contribution is 5.80. The molecule has 29 heavy (non-hydrogen) atoms. The summed E-state index contributed by atoms with van der Waals surface area (Å²) in [6, 6.07) is 0.475. The summed E-state index contributed by atoms with van der Waals surface area (Å²) in [5, 5.41) is 3.28. The molecule has 1 atom stereocenters. The maximum atomic E-state index is 13.6. The van der Waals surface area contributed by atoms with Crippen LogP contribution in [0, 0.1) is 5.92 Å². The van der Waals surface area contributed by atoms with Crippen molar-refractivity contribution >= 4 is 5.78 Å². The molecule has 0 aromatic rings. The predicted octanol–water partition coefficient (Wildman–Crippen LogP) is 2.41. The summed E-state index contributed by atoms with van der Waals surface area (Å²) in [5.41, 5.74) is 0. The van der Waals surface area contributed by atoms with Gasteiger partial charge in [0.2, 0.25) is 0 Å². The second-order valence-electron chi connectivity index (χ2n) is 7.39. The van der Waals surface area contributed by atoms with Gasteiger partial charge in [0, 0.05) is 24.9 Å². The molecular weight excluding hydrogens is 381 g/mol. The van der Waals surface area contributed by atoms with Crippen LogP contribution in [0.3, 0.4) is 0 Å². The van der Waals surface area contributed by atoms with Gasteiger partial charge in [-0.25, -0.2) is 4.39 Å². The van der Waals surface area contributed by atoms with Gasteiger partial charge in [-0.05, 0) is 6.42 Å². The van der Waals surface area contributed by atoms with Crippen molar-refractivity contribution in [2.45, 2.75) is 52.8 Å². The fourth-order valence-electron chi connectivity index (χ4n) is 2.18. The average Bonchev–Trinajstić information content (AvgIpc) is 2.68. The van der Waals surface area contributed by atoms with E-state index in [0.29, 0.717) is 65.5 Å². The Bertz CT molecular complexity index is 371. The molecule has 174 valence electrons. The number of ether oxygens (including phenoxy) is 5. The maximum Gasteiger partial charge on any atom is 0.135 e. The molecule has 0 bridgehead atoms. The first-order valence-corrected chi connectivity index (χ1v) is 10.7. The number of hydrogen-bond donors (Lipinski definition) is 1. The van der Waals surface area contributed by atoms with E-state index in [9.17, 15) is 9.18 Å². The lowest BCUT2D eigenvalue weighted by atomic mass is 10.0. The summed E-state index contributed by atoms with van der Waals surface area (Å²) in [7, 11) is 0. The van der Waals surface area contributed by atoms with Crippen molar-refractivity contribution in [3.8, 4) is 0 Å². The highest BCUT2D eigenvalue weighted by atomic mass is 19.1. The largest absolute Gasteiger partial charge is 0.378 e. The van der Waals surface area contributed by atoms with Gasteiger partial charge in [0.05, 0.1) is 66.1 Å². The van der Waals surface area contributed by atoms with Gasteiger partial charge in [0.1, 0.15) is 12.0 Å². The zero-order valence-corrected chi connectivity index (χ0v) is 18.8. The third-order valence-corrected chi connectivity index (χ3v) is 3.93. The molecule has 0 saturated carbocycles. The summed E-state index contributed by atoms with van der Waals surface area (Å²) in [6.07, 6.45) is -0.624. The first-order valence-electron chi connectivity index (χ1n) is 10.7. The molecule has 0 heterocycles. The van der Waals surface area contributed by atoms with Gasteiger partial charge >= 0.3 is 0 Å². The van der Waals surface area contributed by atoms with Gasteiger partial charge in [-0.3, -0.25) is 4.79 Å². The minimum absolute atomic E-state index is 0.000523. The van der Waals surface area contributed by atoms with Crippen molar-refractivity contribution in [2.75, 3.05) is 72.6 Å². The monoisotopic (exact) mass is 423 g/mol. The highest BCUT2D eigenvalue weighted by Gasteiger charge is 2.12. The van der Waals surface area contributed by atoms with Crippen LogP contribution in [0.2, 0.25) is 0 Å². The summed E-state index contributed by atoms with van der Waals surface area (Å²) in [4.78, 5) is 11.4. The van der Waals surface area contributed by atoms with Crippen molar-refractivity contribution in [3.05, 3.63) is 0 Å². The first-order chi connectivity index (χ1) is 13.9. The topological polar surface area (TPSA) is 75.2 Å². The number of ketones is 1. The van der Waals surface area contributed by atoms with Crippen molar-refractivity contribution < 1.29 is 32.9 Å². The Morgan fingerprint density at radius 2 is 1.21 bits per heavy atom. The Kier molecular flexibility index (Phi) is 20.2. The van der Waals surface area contributed by atoms with Crippen LogP contribution in [0.1, 0.15) is 40.5 Å². The SMILES string of the molecule is CC(C)NCCOCCOCCOCCOCCOCC(F)CCC(=O)C(C)C. The van der Waals surface area contributed by atoms with Crippen LogP contribution in [0.25, 0.3) is 0 Å². The number of rotatable bonds is 22. The third kappa shape index (κ3) is 21.9. The minimum Gasteiger partial charge on any atom is -0.378 e. The number of carbonyl (C=O) groups excluding carboxylic acids is 1. The molecule has 0 amide bonds. The second kappa shape index (κ2) is 20.6. The Morgan fingerprint density at radius 3 is 1.66 bits per heavy atom. The summed E-state index contributed by atoms with van der Waals surface area (Å²) >= 11 is 0. The van der Waals surface area contributed by atoms with Crippen molar-refractivity contribution in [1.29, 1.82) is 0 Å². The number of hydrogen-bond acceptors (Lipinski definition) is 7. The Hall–Kier alpha value is -0.640. The van der Waals surface area contributed by atoms with Gasteiger partial charge in [0.15, 0.2) is 0 Å². The predicted molar refractivity (Wildman–Crippen MR) is 111 cm³/mol. The Balaban J connectivity index is 3.17. The molecule has 0 radical (unpaired) electrons. The van der Waals surface area contributed by atoms with E-state index in [-0.39, 0.29) is 31.1 Å². The number of nitrogens with one attached hydrogen (secondary N) is 1. The van der Waals surface area contributed by atoms with Crippen molar-refractivity contribution in [3.63, 3.8) is 0 Å². The zero-order chi connectivity index (χ0) is 21.7. The van der Waals surface area contributed by atoms with E-state index in [4.69, 9.17) is 23.7 Å². The van der Waals surface area contributed by atoms with E-state index < -0.39 is 6.17 Å². The highest BCUT2D eigenvalue weighted by Crippen LogP contribution is 2.07. The van der Waals surface area contributed by atoms with Crippen LogP contribution in [0.4, 0.5) is 4.39 Å². The van der Waals surface area contributed by atoms with Crippen LogP contribution < -0.4 is 5.32 Å². The molecule has 8 heteroatoms. The molecule has 0 aliphatic carbocycles. The lowest BCUT2D eigenvalue weighted by Crippen LogP contribution is -2.27. The summed E-state index contributed by atoms with van der Waals surface area (Å²) < 4.78 is 40.4. The molecular formula is C21H42FNO6. The smallest absolute Gasteiger partial charge is 0.135 e. The molecule has 1 N–H and O–H groups in total. The van der Waals surface area contributed by atoms with Gasteiger partial charge in [-0.15, -0.1) is 0 Å². The van der Waals surface area contributed by atoms with Crippen molar-refractivity contribution in [1.82, 2.24) is 5.32 Å². The average molecular weight is 424 g/mol. The van der Waals surface area contributed by atoms with E-state index in [1.807, 2.05) is 13.8 Å². The van der Waals surface area contributed by atoms with Gasteiger partial charge in [-0.2, -0.15) is 0 Å². The molecule has 0 aliphatic rings. The molecule has 7 nitrogen and oxygen atoms in total. The van der Waals surface area contributed by atoms with Crippen LogP contribution in [-0.2, 0) is 28.5 Å². The number of halogens is 1. The summed E-state index contributed by atoms with van der Waals surface area (Å²) in [6.45, 7) is 13.2. The molecule has 0 rings (SSSR count). The fraction of sp³-hybridized carbons (Fsp3) is 0.952. The molecule has 0 fully saturated rings. The molecule has 0 aliphatic heterocycles.